The van der Waals surface area contributed by atoms with Gasteiger partial charge in [0.15, 0.2) is 0 Å². The van der Waals surface area contributed by atoms with Gasteiger partial charge < -0.3 is 0 Å². The van der Waals surface area contributed by atoms with Crippen molar-refractivity contribution >= 4 is 64.0 Å². The number of nitriles is 2. The van der Waals surface area contributed by atoms with Crippen molar-refractivity contribution in [2.24, 2.45) is 0 Å². The van der Waals surface area contributed by atoms with Gasteiger partial charge >= 0.3 is 51.4 Å². The number of unbranched alkanes of at least 4 members (excludes halogenated alkanes) is 1. The van der Waals surface area contributed by atoms with E-state index in [-0.39, 0.29) is 57.0 Å². The molecule has 0 radical (unpaired) electrons. The van der Waals surface area contributed by atoms with Crippen LogP contribution >= 0.6 is 12.6 Å². The Hall–Kier alpha value is 0.706. The molecule has 0 aromatic carbocycles. The van der Waals surface area contributed by atoms with E-state index in [2.05, 4.69) is 19.6 Å². The van der Waals surface area contributed by atoms with Crippen LogP contribution in [0.1, 0.15) is 26.2 Å². The van der Waals surface area contributed by atoms with Gasteiger partial charge in [0.25, 0.3) is 0 Å². The number of hydrogen-bond acceptors (Lipinski definition) is 3. The van der Waals surface area contributed by atoms with Crippen LogP contribution in [0.3, 0.4) is 0 Å². The molecule has 0 unspecified atom stereocenters. The van der Waals surface area contributed by atoms with Crippen molar-refractivity contribution in [3.8, 4) is 12.1 Å². The maximum absolute atomic E-state index is 8.42. The predicted octanol–water partition coefficient (Wildman–Crippen LogP) is 1.76. The summed E-state index contributed by atoms with van der Waals surface area (Å²) < 4.78 is 0. The first-order valence-corrected chi connectivity index (χ1v) is 3.93. The summed E-state index contributed by atoms with van der Waals surface area (Å²) in [6.45, 7) is 2.06. The average Bonchev–Trinajstić information content (AvgIpc) is 2.03. The first-order valence-electron chi connectivity index (χ1n) is 3.48. The average molecular weight is 206 g/mol. The summed E-state index contributed by atoms with van der Waals surface area (Å²) in [5, 5.41) is 16.8. The Morgan fingerprint density at radius 3 is 2.17 bits per heavy atom. The molecule has 0 bridgehead atoms. The number of allylic oxidation sites excluding steroid dienone is 2. The molecule has 60 valence electrons. The number of nitrogens with zero attached hydrogens (tertiary/aromatic N) is 2. The van der Waals surface area contributed by atoms with Crippen molar-refractivity contribution in [1.29, 1.82) is 10.5 Å². The second-order valence-electron chi connectivity index (χ2n) is 2.15. The molecule has 0 aliphatic rings. The van der Waals surface area contributed by atoms with Gasteiger partial charge in [-0.2, -0.15) is 10.5 Å². The Morgan fingerprint density at radius 2 is 1.83 bits per heavy atom. The molecule has 0 aromatic rings. The molecule has 12 heavy (non-hydrogen) atoms. The van der Waals surface area contributed by atoms with Crippen LogP contribution in [0, 0.1) is 22.7 Å². The third-order valence-electron chi connectivity index (χ3n) is 1.28. The molecule has 0 heterocycles. The molecule has 0 aliphatic carbocycles. The molecule has 0 rings (SSSR count). The Morgan fingerprint density at radius 1 is 1.33 bits per heavy atom. The first kappa shape index (κ1) is 15.2. The Labute approximate surface area is 121 Å². The van der Waals surface area contributed by atoms with Gasteiger partial charge in [0.05, 0.1) is 0 Å². The molecular formula is C8H11KN2S. The summed E-state index contributed by atoms with van der Waals surface area (Å²) in [5.74, 6) is 0. The van der Waals surface area contributed by atoms with E-state index >= 15 is 0 Å². The Balaban J connectivity index is 0. The van der Waals surface area contributed by atoms with E-state index in [1.165, 1.54) is 0 Å². The normalized spacial score (nSPS) is 7.33. The molecule has 0 N–H and O–H groups in total. The van der Waals surface area contributed by atoms with E-state index < -0.39 is 0 Å². The van der Waals surface area contributed by atoms with E-state index in [1.807, 2.05) is 0 Å². The number of rotatable bonds is 3. The van der Waals surface area contributed by atoms with E-state index in [9.17, 15) is 0 Å². The molecule has 0 aliphatic heterocycles. The summed E-state index contributed by atoms with van der Waals surface area (Å²) in [6.07, 6.45) is 2.76. The van der Waals surface area contributed by atoms with Crippen LogP contribution in [0.25, 0.3) is 0 Å². The third-order valence-corrected chi connectivity index (χ3v) is 1.73. The van der Waals surface area contributed by atoms with E-state index in [1.54, 1.807) is 12.1 Å². The van der Waals surface area contributed by atoms with Crippen LogP contribution in [0.5, 0.6) is 0 Å². The second kappa shape index (κ2) is 9.79. The van der Waals surface area contributed by atoms with Crippen molar-refractivity contribution in [3.05, 3.63) is 10.5 Å². The molecule has 0 atom stereocenters. The van der Waals surface area contributed by atoms with E-state index in [4.69, 9.17) is 10.5 Å². The van der Waals surface area contributed by atoms with Crippen molar-refractivity contribution in [3.63, 3.8) is 0 Å². The van der Waals surface area contributed by atoms with Crippen LogP contribution in [0.4, 0.5) is 0 Å². The van der Waals surface area contributed by atoms with Crippen molar-refractivity contribution < 1.29 is 0 Å². The van der Waals surface area contributed by atoms with Crippen LogP contribution < -0.4 is 0 Å². The zero-order chi connectivity index (χ0) is 8.69. The van der Waals surface area contributed by atoms with Crippen LogP contribution in [-0.4, -0.2) is 51.4 Å². The van der Waals surface area contributed by atoms with Gasteiger partial charge in [0.1, 0.15) is 17.7 Å². The van der Waals surface area contributed by atoms with Gasteiger partial charge in [0.2, 0.25) is 0 Å². The van der Waals surface area contributed by atoms with E-state index in [0.717, 1.165) is 19.3 Å². The minimum absolute atomic E-state index is 0. The number of hydrogen-bond donors (Lipinski definition) is 1. The van der Waals surface area contributed by atoms with E-state index in [0.29, 0.717) is 4.91 Å². The summed E-state index contributed by atoms with van der Waals surface area (Å²) in [7, 11) is 0. The Bertz CT molecular complexity index is 218. The zero-order valence-corrected chi connectivity index (χ0v) is 7.36. The number of thiol groups is 1. The van der Waals surface area contributed by atoms with Gasteiger partial charge in [-0.3, -0.25) is 0 Å². The van der Waals surface area contributed by atoms with Gasteiger partial charge in [-0.25, -0.2) is 0 Å². The molecule has 0 amide bonds. The quantitative estimate of drug-likeness (QED) is 0.434. The molecule has 4 heteroatoms. The summed E-state index contributed by atoms with van der Waals surface area (Å²) >= 11 is 4.05. The SMILES string of the molecule is CCCCC(S)=C(C#N)C#N.[KH]. The third kappa shape index (κ3) is 6.25. The summed E-state index contributed by atoms with van der Waals surface area (Å²) in [5.41, 5.74) is 0.141. The monoisotopic (exact) mass is 206 g/mol. The topological polar surface area (TPSA) is 47.6 Å². The fourth-order valence-corrected chi connectivity index (χ4v) is 0.881. The van der Waals surface area contributed by atoms with Gasteiger partial charge in [-0.15, -0.1) is 12.6 Å². The maximum atomic E-state index is 8.42. The molecule has 0 spiro atoms. The molecule has 0 saturated heterocycles. The second-order valence-corrected chi connectivity index (χ2v) is 2.69. The standard InChI is InChI=1S/C8H10N2S.K.H/c1-2-3-4-8(11)7(5-9)6-10;;/h11H,2-4H2,1H3;;. The van der Waals surface area contributed by atoms with Gasteiger partial charge in [-0.05, 0) is 12.8 Å². The summed E-state index contributed by atoms with van der Waals surface area (Å²) in [6, 6.07) is 3.61. The molecule has 2 nitrogen and oxygen atoms in total. The van der Waals surface area contributed by atoms with Crippen LogP contribution in [0.15, 0.2) is 10.5 Å². The minimum atomic E-state index is 0. The van der Waals surface area contributed by atoms with Gasteiger partial charge in [-0.1, -0.05) is 13.3 Å². The van der Waals surface area contributed by atoms with Crippen molar-refractivity contribution in [2.45, 2.75) is 26.2 Å². The fraction of sp³-hybridized carbons (Fsp3) is 0.500. The van der Waals surface area contributed by atoms with Crippen LogP contribution in [0.2, 0.25) is 0 Å². The fourth-order valence-electron chi connectivity index (χ4n) is 0.623. The molecule has 0 saturated carbocycles. The zero-order valence-electron chi connectivity index (χ0n) is 6.46. The Kier molecular flexibility index (Phi) is 12.4. The van der Waals surface area contributed by atoms with Gasteiger partial charge in [0, 0.05) is 4.91 Å². The predicted molar refractivity (Wildman–Crippen MR) is 53.9 cm³/mol. The van der Waals surface area contributed by atoms with Crippen molar-refractivity contribution in [1.82, 2.24) is 0 Å². The summed E-state index contributed by atoms with van der Waals surface area (Å²) in [4.78, 5) is 0.608. The van der Waals surface area contributed by atoms with Crippen molar-refractivity contribution in [2.75, 3.05) is 0 Å². The molecule has 0 fully saturated rings. The first-order chi connectivity index (χ1) is 5.26. The molecular weight excluding hydrogens is 195 g/mol. The molecule has 0 aromatic heterocycles. The van der Waals surface area contributed by atoms with Crippen LogP contribution in [-0.2, 0) is 0 Å².